The molecule has 1 aliphatic heterocycles. The van der Waals surface area contributed by atoms with Crippen molar-refractivity contribution in [2.45, 2.75) is 18.3 Å². The number of nitrogens with one attached hydrogen (secondary N) is 1. The van der Waals surface area contributed by atoms with Gasteiger partial charge >= 0.3 is 0 Å². The Kier molecular flexibility index (Phi) is 4.71. The SMILES string of the molecule is OC[C@H]1OC[C@@H](CNc2nc(Cl)ns2)[C@@H](O)[C@H]1O. The molecule has 7 nitrogen and oxygen atoms in total. The van der Waals surface area contributed by atoms with Crippen LogP contribution in [0.1, 0.15) is 0 Å². The number of ether oxygens (including phenoxy) is 1. The molecule has 1 aliphatic rings. The quantitative estimate of drug-likeness (QED) is 0.583. The molecule has 2 heterocycles. The smallest absolute Gasteiger partial charge is 0.236 e. The minimum absolute atomic E-state index is 0.170. The van der Waals surface area contributed by atoms with Gasteiger partial charge in [0.2, 0.25) is 10.4 Å². The van der Waals surface area contributed by atoms with Gasteiger partial charge < -0.3 is 25.4 Å². The number of halogens is 1. The molecule has 1 fully saturated rings. The Morgan fingerprint density at radius 2 is 2.22 bits per heavy atom. The molecule has 0 aromatic carbocycles. The lowest BCUT2D eigenvalue weighted by atomic mass is 9.92. The molecule has 0 spiro atoms. The van der Waals surface area contributed by atoms with E-state index in [4.69, 9.17) is 21.4 Å². The van der Waals surface area contributed by atoms with Crippen molar-refractivity contribution in [1.82, 2.24) is 9.36 Å². The van der Waals surface area contributed by atoms with Gasteiger partial charge in [-0.15, -0.1) is 0 Å². The van der Waals surface area contributed by atoms with Crippen LogP contribution in [0.3, 0.4) is 0 Å². The van der Waals surface area contributed by atoms with Crippen LogP contribution in [0.5, 0.6) is 0 Å². The molecule has 0 amide bonds. The van der Waals surface area contributed by atoms with E-state index in [1.807, 2.05) is 0 Å². The van der Waals surface area contributed by atoms with Crippen molar-refractivity contribution in [1.29, 1.82) is 0 Å². The standard InChI is InChI=1S/C9H14ClN3O4S/c10-8-12-9(18-13-8)11-1-4-3-17-5(2-14)7(16)6(4)15/h4-7,14-16H,1-3H2,(H,11,12,13)/t4-,5-,6-,7+/m1/s1. The molecule has 0 radical (unpaired) electrons. The van der Waals surface area contributed by atoms with E-state index in [1.54, 1.807) is 0 Å². The third kappa shape index (κ3) is 3.08. The van der Waals surface area contributed by atoms with E-state index in [1.165, 1.54) is 0 Å². The Morgan fingerprint density at radius 3 is 2.83 bits per heavy atom. The van der Waals surface area contributed by atoms with Crippen molar-refractivity contribution in [3.8, 4) is 0 Å². The monoisotopic (exact) mass is 295 g/mol. The fraction of sp³-hybridized carbons (Fsp3) is 0.778. The lowest BCUT2D eigenvalue weighted by Crippen LogP contribution is -2.53. The van der Waals surface area contributed by atoms with Crippen LogP contribution in [0.2, 0.25) is 5.28 Å². The van der Waals surface area contributed by atoms with Gasteiger partial charge in [-0.25, -0.2) is 0 Å². The van der Waals surface area contributed by atoms with Gasteiger partial charge in [0.1, 0.15) is 12.2 Å². The molecule has 102 valence electrons. The second-order valence-corrected chi connectivity index (χ2v) is 5.13. The van der Waals surface area contributed by atoms with Gasteiger partial charge in [-0.2, -0.15) is 9.36 Å². The summed E-state index contributed by atoms with van der Waals surface area (Å²) in [4.78, 5) is 3.91. The van der Waals surface area contributed by atoms with Crippen LogP contribution in [0, 0.1) is 5.92 Å². The molecule has 4 N–H and O–H groups in total. The summed E-state index contributed by atoms with van der Waals surface area (Å²) in [5, 5.41) is 32.2. The Bertz CT molecular complexity index is 394. The van der Waals surface area contributed by atoms with Gasteiger partial charge in [-0.3, -0.25) is 0 Å². The Hall–Kier alpha value is -0.510. The number of hydrogen-bond donors (Lipinski definition) is 4. The summed E-state index contributed by atoms with van der Waals surface area (Å²) in [7, 11) is 0. The predicted octanol–water partition coefficient (Wildman–Crippen LogP) is -0.667. The lowest BCUT2D eigenvalue weighted by molar-refractivity contribution is -0.171. The zero-order valence-electron chi connectivity index (χ0n) is 9.36. The first-order valence-corrected chi connectivity index (χ1v) is 6.58. The second kappa shape index (κ2) is 6.09. The molecule has 9 heteroatoms. The van der Waals surface area contributed by atoms with Gasteiger partial charge in [0.25, 0.3) is 0 Å². The van der Waals surface area contributed by atoms with Crippen molar-refractivity contribution in [2.75, 3.05) is 25.1 Å². The second-order valence-electron chi connectivity index (χ2n) is 4.05. The average Bonchev–Trinajstić information content (AvgIpc) is 2.77. The zero-order valence-corrected chi connectivity index (χ0v) is 10.9. The van der Waals surface area contributed by atoms with E-state index in [9.17, 15) is 10.2 Å². The fourth-order valence-electron chi connectivity index (χ4n) is 1.78. The summed E-state index contributed by atoms with van der Waals surface area (Å²) >= 11 is 6.69. The van der Waals surface area contributed by atoms with Gasteiger partial charge in [0.15, 0.2) is 0 Å². The minimum atomic E-state index is -1.09. The average molecular weight is 296 g/mol. The van der Waals surface area contributed by atoms with Crippen LogP contribution in [-0.4, -0.2) is 62.7 Å². The largest absolute Gasteiger partial charge is 0.394 e. The maximum Gasteiger partial charge on any atom is 0.236 e. The first-order chi connectivity index (χ1) is 8.61. The highest BCUT2D eigenvalue weighted by atomic mass is 35.5. The van der Waals surface area contributed by atoms with Crippen molar-refractivity contribution in [3.05, 3.63) is 5.28 Å². The highest BCUT2D eigenvalue weighted by molar-refractivity contribution is 7.09. The molecular weight excluding hydrogens is 282 g/mol. The van der Waals surface area contributed by atoms with Gasteiger partial charge in [-0.1, -0.05) is 0 Å². The van der Waals surface area contributed by atoms with Crippen LogP contribution in [0.25, 0.3) is 0 Å². The topological polar surface area (TPSA) is 108 Å². The first kappa shape index (κ1) is 13.9. The molecule has 4 atom stereocenters. The van der Waals surface area contributed by atoms with Crippen LogP contribution in [-0.2, 0) is 4.74 Å². The lowest BCUT2D eigenvalue weighted by Gasteiger charge is -2.36. The maximum absolute atomic E-state index is 9.88. The zero-order chi connectivity index (χ0) is 13.1. The van der Waals surface area contributed by atoms with E-state index in [-0.39, 0.29) is 24.4 Å². The summed E-state index contributed by atoms with van der Waals surface area (Å²) in [6.07, 6.45) is -2.77. The third-order valence-electron chi connectivity index (χ3n) is 2.83. The normalized spacial score (nSPS) is 32.4. The summed E-state index contributed by atoms with van der Waals surface area (Å²) in [6, 6.07) is 0. The van der Waals surface area contributed by atoms with Gasteiger partial charge in [0.05, 0.1) is 19.3 Å². The number of aliphatic hydroxyl groups is 3. The van der Waals surface area contributed by atoms with Crippen molar-refractivity contribution >= 4 is 28.3 Å². The number of rotatable bonds is 4. The number of nitrogens with zero attached hydrogens (tertiary/aromatic N) is 2. The fourth-order valence-corrected chi connectivity index (χ4v) is 2.50. The highest BCUT2D eigenvalue weighted by Crippen LogP contribution is 2.22. The molecule has 0 bridgehead atoms. The first-order valence-electron chi connectivity index (χ1n) is 5.43. The van der Waals surface area contributed by atoms with Gasteiger partial charge in [-0.05, 0) is 11.6 Å². The Labute approximate surface area is 113 Å². The summed E-state index contributed by atoms with van der Waals surface area (Å²) in [5.41, 5.74) is 0. The van der Waals surface area contributed by atoms with Crippen molar-refractivity contribution < 1.29 is 20.1 Å². The van der Waals surface area contributed by atoms with Crippen LogP contribution < -0.4 is 5.32 Å². The number of hydrogen-bond acceptors (Lipinski definition) is 8. The highest BCUT2D eigenvalue weighted by Gasteiger charge is 2.37. The van der Waals surface area contributed by atoms with E-state index >= 15 is 0 Å². The molecule has 1 aromatic heterocycles. The summed E-state index contributed by atoms with van der Waals surface area (Å²) < 4.78 is 9.05. The predicted molar refractivity (Wildman–Crippen MR) is 65.7 cm³/mol. The molecule has 0 unspecified atom stereocenters. The number of aromatic nitrogens is 2. The molecule has 0 aliphatic carbocycles. The molecular formula is C9H14ClN3O4S. The molecule has 18 heavy (non-hydrogen) atoms. The number of aliphatic hydroxyl groups excluding tert-OH is 3. The molecule has 0 saturated carbocycles. The summed E-state index contributed by atoms with van der Waals surface area (Å²) in [6.45, 7) is 0.315. The minimum Gasteiger partial charge on any atom is -0.394 e. The Morgan fingerprint density at radius 1 is 1.44 bits per heavy atom. The summed E-state index contributed by atoms with van der Waals surface area (Å²) in [5.74, 6) is -0.287. The third-order valence-corrected chi connectivity index (χ3v) is 3.78. The van der Waals surface area contributed by atoms with E-state index in [2.05, 4.69) is 14.7 Å². The van der Waals surface area contributed by atoms with E-state index in [0.29, 0.717) is 11.7 Å². The van der Waals surface area contributed by atoms with Gasteiger partial charge in [0, 0.05) is 24.0 Å². The number of anilines is 1. The van der Waals surface area contributed by atoms with Crippen molar-refractivity contribution in [3.63, 3.8) is 0 Å². The van der Waals surface area contributed by atoms with Crippen molar-refractivity contribution in [2.24, 2.45) is 5.92 Å². The maximum atomic E-state index is 9.88. The molecule has 1 saturated heterocycles. The Balaban J connectivity index is 1.86. The molecule has 1 aromatic rings. The van der Waals surface area contributed by atoms with E-state index in [0.717, 1.165) is 11.5 Å². The molecule has 2 rings (SSSR count). The van der Waals surface area contributed by atoms with Crippen LogP contribution >= 0.6 is 23.1 Å². The van der Waals surface area contributed by atoms with Crippen LogP contribution in [0.4, 0.5) is 5.13 Å². The van der Waals surface area contributed by atoms with Crippen LogP contribution in [0.15, 0.2) is 0 Å². The van der Waals surface area contributed by atoms with E-state index < -0.39 is 18.3 Å².